The number of carbonyl (C=O) groups excluding carboxylic acids is 2. The summed E-state index contributed by atoms with van der Waals surface area (Å²) in [5, 5.41) is 10.9. The SMILES string of the molecule is COc1ccc([C@H](Cc2c(Cl)c[nH+]cc2Cl)OC(=O)c2ccc(CN(C(=O)O[C@H]3CN4CCC3CC4)c3cc(O)cc(F)c3)cc2)cc1OC.[OH-]. The Hall–Kier alpha value is -4.62. The number of piperidine rings is 3. The van der Waals surface area contributed by atoms with Crippen LogP contribution in [0.4, 0.5) is 14.9 Å². The number of amides is 1. The first-order chi connectivity index (χ1) is 24.1. The maximum Gasteiger partial charge on any atom is 0.414 e. The molecular weight excluding hydrogens is 704 g/mol. The highest BCUT2D eigenvalue weighted by Gasteiger charge is 2.37. The van der Waals surface area contributed by atoms with Crippen LogP contribution in [0.15, 0.2) is 73.1 Å². The molecule has 0 unspecified atom stereocenters. The van der Waals surface area contributed by atoms with E-state index in [0.29, 0.717) is 44.8 Å². The quantitative estimate of drug-likeness (QED) is 0.163. The third-order valence-electron chi connectivity index (χ3n) is 9.19. The molecule has 270 valence electrons. The van der Waals surface area contributed by atoms with Gasteiger partial charge in [-0.1, -0.05) is 41.4 Å². The second-order valence-corrected chi connectivity index (χ2v) is 13.2. The van der Waals surface area contributed by atoms with E-state index in [1.54, 1.807) is 54.9 Å². The average molecular weight is 743 g/mol. The normalized spacial score (nSPS) is 18.3. The molecule has 3 fully saturated rings. The van der Waals surface area contributed by atoms with E-state index in [9.17, 15) is 19.1 Å². The van der Waals surface area contributed by atoms with Gasteiger partial charge in [-0.3, -0.25) is 9.80 Å². The lowest BCUT2D eigenvalue weighted by molar-refractivity contribution is -0.377. The fraction of sp³-hybridized carbons (Fsp3) is 0.324. The molecule has 3 aliphatic heterocycles. The van der Waals surface area contributed by atoms with Gasteiger partial charge in [0.2, 0.25) is 0 Å². The third-order valence-corrected chi connectivity index (χ3v) is 9.87. The fourth-order valence-corrected chi connectivity index (χ4v) is 7.01. The Balaban J connectivity index is 0.00000504. The number of pyridine rings is 1. The number of ether oxygens (including phenoxy) is 4. The van der Waals surface area contributed by atoms with Crippen molar-refractivity contribution in [1.29, 1.82) is 0 Å². The Bertz CT molecular complexity index is 1820. The van der Waals surface area contributed by atoms with Gasteiger partial charge in [0.1, 0.15) is 33.8 Å². The predicted molar refractivity (Wildman–Crippen MR) is 186 cm³/mol. The van der Waals surface area contributed by atoms with Crippen LogP contribution >= 0.6 is 23.2 Å². The number of aromatic amines is 1. The third kappa shape index (κ3) is 8.82. The standard InChI is InChI=1S/C37H36Cl2FN3O7.H2O/c1-47-32-8-7-25(13-34(32)48-2)33(17-29-30(38)18-41-19-31(29)39)49-36(45)24-5-3-22(4-6-24)20-43(27-14-26(40)15-28(44)16-27)37(46)50-35-21-42-11-9-23(35)10-12-42;/h3-8,13-16,18-19,23,33,35,44H,9-12,17,20-21H2,1-2H3;1H2/t33-,35-;/m0./s1. The van der Waals surface area contributed by atoms with Gasteiger partial charge >= 0.3 is 12.1 Å². The van der Waals surface area contributed by atoms with Crippen molar-refractivity contribution in [2.24, 2.45) is 5.92 Å². The average Bonchev–Trinajstić information content (AvgIpc) is 3.11. The molecule has 0 radical (unpaired) electrons. The molecule has 1 aromatic heterocycles. The maximum atomic E-state index is 14.4. The summed E-state index contributed by atoms with van der Waals surface area (Å²) in [6.45, 7) is 2.61. The number of H-pyrrole nitrogens is 1. The number of rotatable bonds is 11. The van der Waals surface area contributed by atoms with E-state index in [-0.39, 0.29) is 47.5 Å². The summed E-state index contributed by atoms with van der Waals surface area (Å²) in [5.41, 5.74) is 2.24. The minimum atomic E-state index is -0.809. The number of methoxy groups -OCH3 is 2. The van der Waals surface area contributed by atoms with Crippen LogP contribution in [0, 0.1) is 11.7 Å². The first-order valence-corrected chi connectivity index (χ1v) is 16.9. The summed E-state index contributed by atoms with van der Waals surface area (Å²) in [6.07, 6.45) is 3.53. The van der Waals surface area contributed by atoms with E-state index in [1.807, 2.05) is 0 Å². The number of aromatic nitrogens is 1. The van der Waals surface area contributed by atoms with E-state index in [1.165, 1.54) is 31.3 Å². The molecule has 3 saturated heterocycles. The first kappa shape index (κ1) is 37.6. The van der Waals surface area contributed by atoms with Crippen LogP contribution in [0.1, 0.15) is 46.0 Å². The second-order valence-electron chi connectivity index (χ2n) is 12.4. The number of hydrogen-bond acceptors (Lipinski definition) is 9. The van der Waals surface area contributed by atoms with Gasteiger partial charge in [-0.15, -0.1) is 0 Å². The number of phenolic OH excluding ortho intramolecular Hbond substituents is 1. The molecule has 3 aromatic carbocycles. The second kappa shape index (κ2) is 16.6. The monoisotopic (exact) mass is 741 g/mol. The number of nitrogens with one attached hydrogen (secondary N) is 1. The van der Waals surface area contributed by atoms with Gasteiger partial charge in [-0.2, -0.15) is 0 Å². The number of carbonyl (C=O) groups is 2. The van der Waals surface area contributed by atoms with E-state index in [2.05, 4.69) is 9.88 Å². The topological polar surface area (TPSA) is 142 Å². The van der Waals surface area contributed by atoms with Crippen molar-refractivity contribution in [2.75, 3.05) is 38.8 Å². The molecule has 0 saturated carbocycles. The zero-order chi connectivity index (χ0) is 35.4. The van der Waals surface area contributed by atoms with Crippen LogP contribution in [0.2, 0.25) is 10.0 Å². The van der Waals surface area contributed by atoms with E-state index in [0.717, 1.165) is 32.0 Å². The zero-order valence-electron chi connectivity index (χ0n) is 28.0. The summed E-state index contributed by atoms with van der Waals surface area (Å²) >= 11 is 12.9. The number of benzene rings is 3. The van der Waals surface area contributed by atoms with Crippen molar-refractivity contribution in [3.8, 4) is 17.2 Å². The summed E-state index contributed by atoms with van der Waals surface area (Å²) in [6, 6.07) is 15.2. The molecule has 0 spiro atoms. The van der Waals surface area contributed by atoms with Crippen LogP contribution < -0.4 is 19.4 Å². The van der Waals surface area contributed by atoms with Crippen molar-refractivity contribution < 1.29 is 48.5 Å². The van der Waals surface area contributed by atoms with Crippen LogP contribution in [0.3, 0.4) is 0 Å². The van der Waals surface area contributed by atoms with E-state index < -0.39 is 24.0 Å². The highest BCUT2D eigenvalue weighted by molar-refractivity contribution is 6.35. The molecule has 2 bridgehead atoms. The summed E-state index contributed by atoms with van der Waals surface area (Å²) in [7, 11) is 3.04. The molecule has 11 nitrogen and oxygen atoms in total. The predicted octanol–water partition coefficient (Wildman–Crippen LogP) is 6.87. The molecule has 3 N–H and O–H groups in total. The number of esters is 1. The number of aromatic hydroxyl groups is 1. The molecule has 4 aromatic rings. The van der Waals surface area contributed by atoms with Crippen molar-refractivity contribution in [3.63, 3.8) is 0 Å². The van der Waals surface area contributed by atoms with E-state index in [4.69, 9.17) is 42.1 Å². The molecular formula is C37H38Cl2FN3O8. The van der Waals surface area contributed by atoms with Crippen LogP contribution in [-0.4, -0.2) is 67.5 Å². The molecule has 2 atom stereocenters. The number of phenols is 1. The minimum absolute atomic E-state index is 0. The van der Waals surface area contributed by atoms with Crippen molar-refractivity contribution in [1.82, 2.24) is 4.90 Å². The van der Waals surface area contributed by atoms with Gasteiger partial charge < -0.3 is 29.5 Å². The zero-order valence-corrected chi connectivity index (χ0v) is 29.5. The molecule has 4 heterocycles. The Morgan fingerprint density at radius 2 is 1.67 bits per heavy atom. The molecule has 51 heavy (non-hydrogen) atoms. The van der Waals surface area contributed by atoms with Crippen LogP contribution in [-0.2, 0) is 22.4 Å². The van der Waals surface area contributed by atoms with Gasteiger partial charge in [0.05, 0.1) is 32.0 Å². The highest BCUT2D eigenvalue weighted by atomic mass is 35.5. The van der Waals surface area contributed by atoms with Crippen LogP contribution in [0.5, 0.6) is 17.2 Å². The van der Waals surface area contributed by atoms with Gasteiger partial charge in [0, 0.05) is 30.7 Å². The fourth-order valence-electron chi connectivity index (χ4n) is 6.48. The van der Waals surface area contributed by atoms with Gasteiger partial charge in [-0.25, -0.2) is 19.0 Å². The Labute approximate surface area is 304 Å². The summed E-state index contributed by atoms with van der Waals surface area (Å²) in [4.78, 5) is 33.6. The van der Waals surface area contributed by atoms with Crippen molar-refractivity contribution in [3.05, 3.63) is 111 Å². The Morgan fingerprint density at radius 3 is 2.27 bits per heavy atom. The number of anilines is 1. The van der Waals surface area contributed by atoms with E-state index >= 15 is 0 Å². The molecule has 1 amide bonds. The highest BCUT2D eigenvalue weighted by Crippen LogP contribution is 2.36. The number of fused-ring (bicyclic) bond motifs is 3. The Morgan fingerprint density at radius 1 is 0.980 bits per heavy atom. The largest absolute Gasteiger partial charge is 0.870 e. The summed E-state index contributed by atoms with van der Waals surface area (Å²) in [5.74, 6) is -0.389. The maximum absolute atomic E-state index is 14.4. The van der Waals surface area contributed by atoms with Gasteiger partial charge in [0.25, 0.3) is 0 Å². The molecule has 3 aliphatic rings. The molecule has 14 heteroatoms. The van der Waals surface area contributed by atoms with Gasteiger partial charge in [-0.05, 0) is 73.3 Å². The molecule has 7 rings (SSSR count). The minimum Gasteiger partial charge on any atom is -0.870 e. The number of halogens is 3. The van der Waals surface area contributed by atoms with Crippen LogP contribution in [0.25, 0.3) is 0 Å². The first-order valence-electron chi connectivity index (χ1n) is 16.2. The molecule has 0 aliphatic carbocycles. The number of nitrogens with zero attached hydrogens (tertiary/aromatic N) is 2. The lowest BCUT2D eigenvalue weighted by atomic mass is 9.86. The number of hydrogen-bond donors (Lipinski definition) is 1. The smallest absolute Gasteiger partial charge is 0.414 e. The van der Waals surface area contributed by atoms with Gasteiger partial charge in [0.15, 0.2) is 23.9 Å². The summed E-state index contributed by atoms with van der Waals surface area (Å²) < 4.78 is 37.3. The lowest BCUT2D eigenvalue weighted by Crippen LogP contribution is -2.53. The van der Waals surface area contributed by atoms with Crippen molar-refractivity contribution in [2.45, 2.75) is 38.0 Å². The lowest BCUT2D eigenvalue weighted by Gasteiger charge is -2.44. The Kier molecular flexibility index (Phi) is 12.2. The van der Waals surface area contributed by atoms with Crippen molar-refractivity contribution >= 4 is 41.0 Å².